The SMILES string of the molecule is CCCC(N)C(=O)Nc1ccc2oc(CC)nc2c1.Cl. The first kappa shape index (κ1) is 16.5. The van der Waals surface area contributed by atoms with E-state index in [4.69, 9.17) is 10.2 Å². The van der Waals surface area contributed by atoms with Crippen molar-refractivity contribution in [3.63, 3.8) is 0 Å². The van der Waals surface area contributed by atoms with Gasteiger partial charge in [-0.05, 0) is 24.6 Å². The van der Waals surface area contributed by atoms with Gasteiger partial charge in [0.1, 0.15) is 5.52 Å². The summed E-state index contributed by atoms with van der Waals surface area (Å²) in [6.07, 6.45) is 2.31. The van der Waals surface area contributed by atoms with Crippen LogP contribution < -0.4 is 11.1 Å². The van der Waals surface area contributed by atoms with Crippen LogP contribution in [0.15, 0.2) is 22.6 Å². The molecule has 20 heavy (non-hydrogen) atoms. The third-order valence-corrected chi connectivity index (χ3v) is 2.94. The molecule has 1 heterocycles. The van der Waals surface area contributed by atoms with Gasteiger partial charge < -0.3 is 15.5 Å². The summed E-state index contributed by atoms with van der Waals surface area (Å²) in [5.41, 5.74) is 7.94. The maximum absolute atomic E-state index is 11.8. The summed E-state index contributed by atoms with van der Waals surface area (Å²) in [6, 6.07) is 4.93. The maximum atomic E-state index is 11.8. The molecule has 0 aliphatic carbocycles. The first-order chi connectivity index (χ1) is 9.13. The molecule has 0 spiro atoms. The Labute approximate surface area is 124 Å². The molecule has 0 saturated carbocycles. The Balaban J connectivity index is 0.00000200. The number of nitrogens with two attached hydrogens (primary N) is 1. The fourth-order valence-corrected chi connectivity index (χ4v) is 1.88. The zero-order valence-corrected chi connectivity index (χ0v) is 12.5. The predicted molar refractivity (Wildman–Crippen MR) is 82.1 cm³/mol. The Kier molecular flexibility index (Phi) is 5.98. The molecular formula is C14H20ClN3O2. The smallest absolute Gasteiger partial charge is 0.241 e. The minimum Gasteiger partial charge on any atom is -0.441 e. The highest BCUT2D eigenvalue weighted by Crippen LogP contribution is 2.20. The normalized spacial score (nSPS) is 11.9. The number of rotatable bonds is 5. The van der Waals surface area contributed by atoms with E-state index in [1.54, 1.807) is 12.1 Å². The molecule has 0 saturated heterocycles. The molecule has 1 atom stereocenters. The van der Waals surface area contributed by atoms with Crippen molar-refractivity contribution in [2.24, 2.45) is 5.73 Å². The number of hydrogen-bond acceptors (Lipinski definition) is 4. The van der Waals surface area contributed by atoms with Gasteiger partial charge >= 0.3 is 0 Å². The molecule has 0 fully saturated rings. The summed E-state index contributed by atoms with van der Waals surface area (Å²) in [5, 5.41) is 2.80. The summed E-state index contributed by atoms with van der Waals surface area (Å²) in [7, 11) is 0. The van der Waals surface area contributed by atoms with E-state index in [0.717, 1.165) is 23.9 Å². The molecule has 0 bridgehead atoms. The molecule has 6 heteroatoms. The zero-order chi connectivity index (χ0) is 13.8. The van der Waals surface area contributed by atoms with Crippen LogP contribution in [0.25, 0.3) is 11.1 Å². The minimum atomic E-state index is -0.468. The molecule has 110 valence electrons. The van der Waals surface area contributed by atoms with Gasteiger partial charge in [-0.25, -0.2) is 4.98 Å². The predicted octanol–water partition coefficient (Wildman–Crippen LogP) is 2.88. The number of aryl methyl sites for hydroxylation is 1. The van der Waals surface area contributed by atoms with E-state index in [0.29, 0.717) is 18.0 Å². The second kappa shape index (κ2) is 7.26. The van der Waals surface area contributed by atoms with Crippen LogP contribution in [0.2, 0.25) is 0 Å². The number of amides is 1. The Morgan fingerprint density at radius 3 is 2.85 bits per heavy atom. The van der Waals surface area contributed by atoms with Crippen molar-refractivity contribution in [1.82, 2.24) is 4.98 Å². The van der Waals surface area contributed by atoms with E-state index in [9.17, 15) is 4.79 Å². The number of halogens is 1. The largest absolute Gasteiger partial charge is 0.441 e. The van der Waals surface area contributed by atoms with Crippen LogP contribution in [0.5, 0.6) is 0 Å². The Morgan fingerprint density at radius 1 is 1.45 bits per heavy atom. The summed E-state index contributed by atoms with van der Waals surface area (Å²) >= 11 is 0. The van der Waals surface area contributed by atoms with Crippen LogP contribution >= 0.6 is 12.4 Å². The number of aromatic nitrogens is 1. The highest BCUT2D eigenvalue weighted by molar-refractivity contribution is 5.96. The van der Waals surface area contributed by atoms with Crippen LogP contribution in [0.4, 0.5) is 5.69 Å². The van der Waals surface area contributed by atoms with Gasteiger partial charge in [0, 0.05) is 12.1 Å². The Bertz CT molecular complexity index is 583. The van der Waals surface area contributed by atoms with Crippen molar-refractivity contribution in [2.45, 2.75) is 39.2 Å². The van der Waals surface area contributed by atoms with Gasteiger partial charge in [-0.1, -0.05) is 20.3 Å². The molecular weight excluding hydrogens is 278 g/mol. The second-order valence-corrected chi connectivity index (χ2v) is 4.53. The number of fused-ring (bicyclic) bond motifs is 1. The van der Waals surface area contributed by atoms with E-state index in [2.05, 4.69) is 10.3 Å². The van der Waals surface area contributed by atoms with Crippen molar-refractivity contribution in [1.29, 1.82) is 0 Å². The minimum absolute atomic E-state index is 0. The topological polar surface area (TPSA) is 81.2 Å². The van der Waals surface area contributed by atoms with Gasteiger partial charge in [-0.15, -0.1) is 12.4 Å². The van der Waals surface area contributed by atoms with E-state index >= 15 is 0 Å². The van der Waals surface area contributed by atoms with E-state index in [1.165, 1.54) is 0 Å². The monoisotopic (exact) mass is 297 g/mol. The number of nitrogens with one attached hydrogen (secondary N) is 1. The standard InChI is InChI=1S/C14H19N3O2.ClH/c1-3-5-10(15)14(18)16-9-6-7-12-11(8-9)17-13(4-2)19-12;/h6-8,10H,3-5,15H2,1-2H3,(H,16,18);1H. The van der Waals surface area contributed by atoms with Crippen LogP contribution in [0.3, 0.4) is 0 Å². The molecule has 2 aromatic rings. The second-order valence-electron chi connectivity index (χ2n) is 4.53. The first-order valence-electron chi connectivity index (χ1n) is 6.60. The molecule has 1 unspecified atom stereocenters. The number of hydrogen-bond donors (Lipinski definition) is 2. The highest BCUT2D eigenvalue weighted by Gasteiger charge is 2.13. The highest BCUT2D eigenvalue weighted by atomic mass is 35.5. The lowest BCUT2D eigenvalue weighted by Crippen LogP contribution is -2.35. The van der Waals surface area contributed by atoms with Gasteiger partial charge in [-0.3, -0.25) is 4.79 Å². The molecule has 5 nitrogen and oxygen atoms in total. The van der Waals surface area contributed by atoms with Crippen molar-refractivity contribution in [2.75, 3.05) is 5.32 Å². The average molecular weight is 298 g/mol. The van der Waals surface area contributed by atoms with Gasteiger partial charge in [0.05, 0.1) is 6.04 Å². The van der Waals surface area contributed by atoms with Gasteiger partial charge in [0.25, 0.3) is 0 Å². The Morgan fingerprint density at radius 2 is 2.20 bits per heavy atom. The van der Waals surface area contributed by atoms with Crippen LogP contribution in [-0.4, -0.2) is 16.9 Å². The number of carbonyl (C=O) groups excluding carboxylic acids is 1. The van der Waals surface area contributed by atoms with Crippen LogP contribution in [0.1, 0.15) is 32.6 Å². The molecule has 0 aliphatic rings. The quantitative estimate of drug-likeness (QED) is 0.889. The third kappa shape index (κ3) is 3.71. The van der Waals surface area contributed by atoms with Crippen LogP contribution in [-0.2, 0) is 11.2 Å². The molecule has 0 radical (unpaired) electrons. The lowest BCUT2D eigenvalue weighted by atomic mass is 10.1. The van der Waals surface area contributed by atoms with Crippen molar-refractivity contribution < 1.29 is 9.21 Å². The van der Waals surface area contributed by atoms with Crippen molar-refractivity contribution >= 4 is 35.1 Å². The summed E-state index contributed by atoms with van der Waals surface area (Å²) in [6.45, 7) is 3.98. The fourth-order valence-electron chi connectivity index (χ4n) is 1.88. The number of benzene rings is 1. The third-order valence-electron chi connectivity index (χ3n) is 2.94. The van der Waals surface area contributed by atoms with E-state index < -0.39 is 6.04 Å². The molecule has 1 aromatic carbocycles. The maximum Gasteiger partial charge on any atom is 0.241 e. The Hall–Kier alpha value is -1.59. The van der Waals surface area contributed by atoms with Gasteiger partial charge in [-0.2, -0.15) is 0 Å². The lowest BCUT2D eigenvalue weighted by Gasteiger charge is -2.10. The van der Waals surface area contributed by atoms with Crippen LogP contribution in [0, 0.1) is 0 Å². The number of nitrogens with zero attached hydrogens (tertiary/aromatic N) is 1. The molecule has 2 rings (SSSR count). The van der Waals surface area contributed by atoms with Gasteiger partial charge in [0.2, 0.25) is 5.91 Å². The molecule has 1 amide bonds. The number of carbonyl (C=O) groups is 1. The van der Waals surface area contributed by atoms with Gasteiger partial charge in [0.15, 0.2) is 11.5 Å². The van der Waals surface area contributed by atoms with E-state index in [-0.39, 0.29) is 18.3 Å². The first-order valence-corrected chi connectivity index (χ1v) is 6.60. The van der Waals surface area contributed by atoms with Crippen molar-refractivity contribution in [3.8, 4) is 0 Å². The number of anilines is 1. The van der Waals surface area contributed by atoms with Crippen molar-refractivity contribution in [3.05, 3.63) is 24.1 Å². The fraction of sp³-hybridized carbons (Fsp3) is 0.429. The average Bonchev–Trinajstić information content (AvgIpc) is 2.81. The summed E-state index contributed by atoms with van der Waals surface area (Å²) in [5.74, 6) is 0.529. The molecule has 3 N–H and O–H groups in total. The molecule has 1 aromatic heterocycles. The molecule has 0 aliphatic heterocycles. The lowest BCUT2D eigenvalue weighted by molar-refractivity contribution is -0.117. The van der Waals surface area contributed by atoms with E-state index in [1.807, 2.05) is 19.9 Å². The zero-order valence-electron chi connectivity index (χ0n) is 11.7. The number of oxazole rings is 1. The summed E-state index contributed by atoms with van der Waals surface area (Å²) < 4.78 is 5.51. The summed E-state index contributed by atoms with van der Waals surface area (Å²) in [4.78, 5) is 16.2.